The molecule has 10 nitrogen and oxygen atoms in total. The summed E-state index contributed by atoms with van der Waals surface area (Å²) in [5.41, 5.74) is 7.44. The van der Waals surface area contributed by atoms with Crippen LogP contribution in [0.5, 0.6) is 0 Å². The minimum atomic E-state index is -0.870. The van der Waals surface area contributed by atoms with E-state index in [0.717, 1.165) is 24.1 Å². The molecule has 0 aromatic carbocycles. The predicted molar refractivity (Wildman–Crippen MR) is 121 cm³/mol. The molecule has 10 heteroatoms. The Morgan fingerprint density at radius 1 is 1.06 bits per heavy atom. The molecular weight excluding hydrogens is 420 g/mol. The second-order valence-electron chi connectivity index (χ2n) is 9.40. The molecule has 0 unspecified atom stereocenters. The number of rotatable bonds is 7. The molecule has 4 aromatic rings. The molecule has 0 bridgehead atoms. The fourth-order valence-electron chi connectivity index (χ4n) is 4.04. The number of aliphatic hydroxyl groups is 1. The second kappa shape index (κ2) is 7.73. The highest BCUT2D eigenvalue weighted by atomic mass is 16.5. The smallest absolute Gasteiger partial charge is 0.261 e. The van der Waals surface area contributed by atoms with Crippen LogP contribution in [0.1, 0.15) is 45.0 Å². The maximum Gasteiger partial charge on any atom is 0.261 e. The van der Waals surface area contributed by atoms with E-state index in [2.05, 4.69) is 32.1 Å². The molecule has 0 amide bonds. The summed E-state index contributed by atoms with van der Waals surface area (Å²) in [6.07, 6.45) is 10.6. The Bertz CT molecular complexity index is 1250. The number of hydrogen-bond acceptors (Lipinski definition) is 9. The van der Waals surface area contributed by atoms with E-state index in [9.17, 15) is 5.11 Å². The molecule has 1 fully saturated rings. The van der Waals surface area contributed by atoms with E-state index < -0.39 is 11.0 Å². The van der Waals surface area contributed by atoms with Crippen molar-refractivity contribution in [1.82, 2.24) is 34.9 Å². The zero-order valence-electron chi connectivity index (χ0n) is 18.8. The van der Waals surface area contributed by atoms with Gasteiger partial charge in [-0.25, -0.2) is 9.97 Å². The number of anilines is 1. The topological polar surface area (TPSA) is 142 Å². The fourth-order valence-corrected chi connectivity index (χ4v) is 4.04. The van der Waals surface area contributed by atoms with Gasteiger partial charge in [-0.3, -0.25) is 9.67 Å². The van der Waals surface area contributed by atoms with Crippen LogP contribution in [0, 0.1) is 5.92 Å². The van der Waals surface area contributed by atoms with Crippen LogP contribution in [0.3, 0.4) is 0 Å². The Kier molecular flexibility index (Phi) is 4.97. The molecular formula is C23H26N8O2. The third kappa shape index (κ3) is 4.21. The number of nitrogens with zero attached hydrogens (tertiary/aromatic N) is 7. The van der Waals surface area contributed by atoms with Gasteiger partial charge in [-0.2, -0.15) is 10.1 Å². The Balaban J connectivity index is 1.43. The molecule has 1 aliphatic carbocycles. The molecule has 3 N–H and O–H groups in total. The van der Waals surface area contributed by atoms with Crippen LogP contribution in [-0.2, 0) is 12.0 Å². The number of nitrogens with two attached hydrogens (primary N) is 1. The lowest BCUT2D eigenvalue weighted by molar-refractivity contribution is 0.0577. The van der Waals surface area contributed by atoms with Crippen LogP contribution < -0.4 is 5.73 Å². The summed E-state index contributed by atoms with van der Waals surface area (Å²) in [4.78, 5) is 17.7. The summed E-state index contributed by atoms with van der Waals surface area (Å²) in [5.74, 6) is 1.80. The highest BCUT2D eigenvalue weighted by Gasteiger charge is 2.47. The van der Waals surface area contributed by atoms with E-state index in [1.165, 1.54) is 6.20 Å². The first kappa shape index (κ1) is 21.2. The van der Waals surface area contributed by atoms with E-state index in [1.807, 2.05) is 18.3 Å². The molecule has 1 saturated carbocycles. The first-order chi connectivity index (χ1) is 15.7. The highest BCUT2D eigenvalue weighted by Crippen LogP contribution is 2.50. The summed E-state index contributed by atoms with van der Waals surface area (Å²) in [7, 11) is 0. The molecule has 0 aliphatic heterocycles. The SMILES string of the molecule is CC(C)(O)Cn1cc(-c2nc([C@](C)(c3ccc(-c4cnc(N)cn4)nc3)C3CC3)no2)cn1. The molecule has 5 rings (SSSR count). The van der Waals surface area contributed by atoms with Gasteiger partial charge in [-0.15, -0.1) is 0 Å². The Morgan fingerprint density at radius 3 is 2.48 bits per heavy atom. The molecule has 4 heterocycles. The molecule has 0 spiro atoms. The maximum absolute atomic E-state index is 10.0. The average Bonchev–Trinajstić information content (AvgIpc) is 3.35. The summed E-state index contributed by atoms with van der Waals surface area (Å²) >= 11 is 0. The summed E-state index contributed by atoms with van der Waals surface area (Å²) in [6.45, 7) is 5.97. The third-order valence-corrected chi connectivity index (χ3v) is 6.01. The Labute approximate surface area is 190 Å². The van der Waals surface area contributed by atoms with Gasteiger partial charge in [0.1, 0.15) is 11.5 Å². The summed E-state index contributed by atoms with van der Waals surface area (Å²) in [5, 5.41) is 18.7. The van der Waals surface area contributed by atoms with Crippen LogP contribution in [-0.4, -0.2) is 45.6 Å². The molecule has 0 radical (unpaired) electrons. The van der Waals surface area contributed by atoms with Gasteiger partial charge in [0.2, 0.25) is 0 Å². The maximum atomic E-state index is 10.0. The molecule has 1 aliphatic rings. The summed E-state index contributed by atoms with van der Waals surface area (Å²) < 4.78 is 7.29. The van der Waals surface area contributed by atoms with Crippen molar-refractivity contribution in [3.05, 3.63) is 54.5 Å². The van der Waals surface area contributed by atoms with Crippen molar-refractivity contribution in [1.29, 1.82) is 0 Å². The standard InChI is InChI=1S/C23H26N8O2/c1-22(2,32)13-31-12-14(8-28-31)20-29-21(30-33-20)23(3,15-4-5-15)16-6-7-17(25-9-16)18-10-27-19(24)11-26-18/h6-12,15,32H,4-5,13H2,1-3H3,(H2,24,27)/t23-/m0/s1. The van der Waals surface area contributed by atoms with Crippen LogP contribution >= 0.6 is 0 Å². The number of pyridine rings is 1. The van der Waals surface area contributed by atoms with Crippen LogP contribution in [0.2, 0.25) is 0 Å². The van der Waals surface area contributed by atoms with Gasteiger partial charge in [0.25, 0.3) is 5.89 Å². The number of hydrogen-bond donors (Lipinski definition) is 2. The van der Waals surface area contributed by atoms with E-state index in [-0.39, 0.29) is 0 Å². The first-order valence-electron chi connectivity index (χ1n) is 10.9. The number of nitrogen functional groups attached to an aromatic ring is 1. The lowest BCUT2D eigenvalue weighted by atomic mass is 9.77. The van der Waals surface area contributed by atoms with Gasteiger partial charge in [-0.05, 0) is 51.2 Å². The molecule has 4 aromatic heterocycles. The molecule has 0 saturated heterocycles. The van der Waals surface area contributed by atoms with Crippen molar-refractivity contribution < 1.29 is 9.63 Å². The van der Waals surface area contributed by atoms with Crippen molar-refractivity contribution in [2.45, 2.75) is 51.2 Å². The van der Waals surface area contributed by atoms with Crippen LogP contribution in [0.4, 0.5) is 5.82 Å². The monoisotopic (exact) mass is 446 g/mol. The van der Waals surface area contributed by atoms with Gasteiger partial charge >= 0.3 is 0 Å². The van der Waals surface area contributed by atoms with Crippen molar-refractivity contribution in [2.24, 2.45) is 5.92 Å². The van der Waals surface area contributed by atoms with E-state index in [0.29, 0.717) is 41.3 Å². The highest BCUT2D eigenvalue weighted by molar-refractivity contribution is 5.55. The minimum Gasteiger partial charge on any atom is -0.389 e. The van der Waals surface area contributed by atoms with Crippen molar-refractivity contribution in [3.8, 4) is 22.8 Å². The van der Waals surface area contributed by atoms with E-state index >= 15 is 0 Å². The predicted octanol–water partition coefficient (Wildman–Crippen LogP) is 2.85. The van der Waals surface area contributed by atoms with Crippen molar-refractivity contribution in [2.75, 3.05) is 5.73 Å². The number of aromatic nitrogens is 7. The van der Waals surface area contributed by atoms with Crippen molar-refractivity contribution in [3.63, 3.8) is 0 Å². The molecule has 170 valence electrons. The Morgan fingerprint density at radius 2 is 1.85 bits per heavy atom. The average molecular weight is 447 g/mol. The van der Waals surface area contributed by atoms with Gasteiger partial charge in [0.15, 0.2) is 5.82 Å². The van der Waals surface area contributed by atoms with Crippen LogP contribution in [0.15, 0.2) is 47.6 Å². The molecule has 33 heavy (non-hydrogen) atoms. The molecule has 1 atom stereocenters. The van der Waals surface area contributed by atoms with Crippen LogP contribution in [0.25, 0.3) is 22.8 Å². The lowest BCUT2D eigenvalue weighted by Crippen LogP contribution is -2.28. The minimum absolute atomic E-state index is 0.365. The lowest BCUT2D eigenvalue weighted by Gasteiger charge is -2.26. The fraction of sp³-hybridized carbons (Fsp3) is 0.391. The zero-order valence-corrected chi connectivity index (χ0v) is 18.8. The largest absolute Gasteiger partial charge is 0.389 e. The second-order valence-corrected chi connectivity index (χ2v) is 9.40. The quantitative estimate of drug-likeness (QED) is 0.438. The van der Waals surface area contributed by atoms with Gasteiger partial charge in [-0.1, -0.05) is 11.2 Å². The Hall–Kier alpha value is -3.66. The van der Waals surface area contributed by atoms with E-state index in [1.54, 1.807) is 37.1 Å². The van der Waals surface area contributed by atoms with Gasteiger partial charge in [0.05, 0.1) is 47.4 Å². The van der Waals surface area contributed by atoms with Gasteiger partial charge in [0, 0.05) is 12.4 Å². The van der Waals surface area contributed by atoms with Gasteiger partial charge < -0.3 is 15.4 Å². The first-order valence-corrected chi connectivity index (χ1v) is 10.9. The third-order valence-electron chi connectivity index (χ3n) is 6.01. The normalized spacial score (nSPS) is 16.0. The zero-order chi connectivity index (χ0) is 23.2. The summed E-state index contributed by atoms with van der Waals surface area (Å²) in [6, 6.07) is 3.97. The van der Waals surface area contributed by atoms with E-state index in [4.69, 9.17) is 15.2 Å². The van der Waals surface area contributed by atoms with Crippen molar-refractivity contribution >= 4 is 5.82 Å².